The van der Waals surface area contributed by atoms with Crippen LogP contribution in [0.4, 0.5) is 8.78 Å². The molecule has 2 aromatic carbocycles. The second-order valence-corrected chi connectivity index (χ2v) is 13.4. The topological polar surface area (TPSA) is 0 Å². The molecular weight excluding hydrogens is 494 g/mol. The van der Waals surface area contributed by atoms with Gasteiger partial charge in [0.2, 0.25) is 0 Å². The maximum atomic E-state index is 15.4. The van der Waals surface area contributed by atoms with Crippen molar-refractivity contribution < 1.29 is 8.78 Å². The van der Waals surface area contributed by atoms with Crippen LogP contribution < -0.4 is 0 Å². The molecule has 0 aliphatic heterocycles. The summed E-state index contributed by atoms with van der Waals surface area (Å²) in [6.45, 7) is 4.29. The van der Waals surface area contributed by atoms with Gasteiger partial charge in [0.15, 0.2) is 0 Å². The summed E-state index contributed by atoms with van der Waals surface area (Å²) in [4.78, 5) is 0. The zero-order chi connectivity index (χ0) is 27.9. The fourth-order valence-electron chi connectivity index (χ4n) is 8.25. The van der Waals surface area contributed by atoms with Gasteiger partial charge in [0.1, 0.15) is 11.6 Å². The van der Waals surface area contributed by atoms with Gasteiger partial charge < -0.3 is 0 Å². The van der Waals surface area contributed by atoms with Crippen molar-refractivity contribution in [2.75, 3.05) is 0 Å². The molecule has 0 N–H and O–H groups in total. The van der Waals surface area contributed by atoms with Gasteiger partial charge in [0, 0.05) is 5.56 Å². The molecule has 2 saturated carbocycles. The lowest BCUT2D eigenvalue weighted by Gasteiger charge is -2.36. The molecule has 0 nitrogen and oxygen atoms in total. The van der Waals surface area contributed by atoms with Crippen molar-refractivity contribution in [1.82, 2.24) is 0 Å². The van der Waals surface area contributed by atoms with Crippen LogP contribution in [0.15, 0.2) is 42.5 Å². The molecule has 40 heavy (non-hydrogen) atoms. The van der Waals surface area contributed by atoms with Crippen LogP contribution in [0.25, 0.3) is 5.57 Å². The fraction of sp³-hybridized carbons (Fsp3) is 0.632. The van der Waals surface area contributed by atoms with Gasteiger partial charge in [0.25, 0.3) is 0 Å². The van der Waals surface area contributed by atoms with Crippen molar-refractivity contribution >= 4 is 5.57 Å². The number of hydrogen-bond donors (Lipinski definition) is 0. The summed E-state index contributed by atoms with van der Waals surface area (Å²) in [5.74, 6) is 3.35. The first-order valence-electron chi connectivity index (χ1n) is 16.8. The minimum atomic E-state index is -0.0344. The molecule has 0 bridgehead atoms. The highest BCUT2D eigenvalue weighted by atomic mass is 19.1. The van der Waals surface area contributed by atoms with Crippen LogP contribution >= 0.6 is 0 Å². The van der Waals surface area contributed by atoms with Gasteiger partial charge in [0.05, 0.1) is 0 Å². The second-order valence-electron chi connectivity index (χ2n) is 13.4. The van der Waals surface area contributed by atoms with Crippen LogP contribution in [0.1, 0.15) is 151 Å². The highest BCUT2D eigenvalue weighted by Crippen LogP contribution is 2.45. The van der Waals surface area contributed by atoms with Gasteiger partial charge in [-0.3, -0.25) is 0 Å². The lowest BCUT2D eigenvalue weighted by Crippen LogP contribution is -2.22. The molecule has 0 radical (unpaired) electrons. The van der Waals surface area contributed by atoms with Crippen LogP contribution in [0.5, 0.6) is 0 Å². The molecule has 0 heterocycles. The van der Waals surface area contributed by atoms with E-state index in [-0.39, 0.29) is 11.6 Å². The monoisotopic (exact) mass is 546 g/mol. The first-order chi connectivity index (χ1) is 19.6. The average molecular weight is 547 g/mol. The number of halogens is 2. The lowest BCUT2D eigenvalue weighted by atomic mass is 9.70. The number of benzene rings is 2. The van der Waals surface area contributed by atoms with Crippen LogP contribution in [0.3, 0.4) is 0 Å². The van der Waals surface area contributed by atoms with Crippen molar-refractivity contribution in [3.8, 4) is 0 Å². The zero-order valence-electron chi connectivity index (χ0n) is 25.2. The van der Waals surface area contributed by atoms with Crippen LogP contribution in [-0.2, 0) is 6.42 Å². The molecule has 5 rings (SSSR count). The van der Waals surface area contributed by atoms with E-state index in [1.54, 1.807) is 6.07 Å². The highest BCUT2D eigenvalue weighted by Gasteiger charge is 2.30. The summed E-state index contributed by atoms with van der Waals surface area (Å²) in [5.41, 5.74) is 5.29. The molecule has 1 atom stereocenters. The lowest BCUT2D eigenvalue weighted by molar-refractivity contribution is 0.220. The predicted octanol–water partition coefficient (Wildman–Crippen LogP) is 11.9. The van der Waals surface area contributed by atoms with Crippen LogP contribution in [0, 0.1) is 29.4 Å². The van der Waals surface area contributed by atoms with E-state index in [2.05, 4.69) is 31.2 Å². The number of aryl methyl sites for hydroxylation is 1. The van der Waals surface area contributed by atoms with Gasteiger partial charge >= 0.3 is 0 Å². The Morgan fingerprint density at radius 1 is 0.675 bits per heavy atom. The average Bonchev–Trinajstić information content (AvgIpc) is 3.00. The van der Waals surface area contributed by atoms with E-state index in [0.717, 1.165) is 42.2 Å². The van der Waals surface area contributed by atoms with Gasteiger partial charge in [-0.2, -0.15) is 0 Å². The molecular formula is C38H52F2. The SMILES string of the molecule is CCCCCCC1CCC(c2ccc(C3=CCC(C4CCC(c5ccc(CC)c(F)c5)CC4)CC3)c(F)c2)CC1. The Bertz CT molecular complexity index is 1110. The zero-order valence-corrected chi connectivity index (χ0v) is 25.2. The number of unbranched alkanes of at least 4 members (excludes halogenated alkanes) is 3. The Morgan fingerprint density at radius 3 is 1.95 bits per heavy atom. The largest absolute Gasteiger partial charge is 0.207 e. The van der Waals surface area contributed by atoms with E-state index >= 15 is 4.39 Å². The maximum absolute atomic E-state index is 15.4. The van der Waals surface area contributed by atoms with Gasteiger partial charge in [-0.15, -0.1) is 0 Å². The van der Waals surface area contributed by atoms with Crippen LogP contribution in [0.2, 0.25) is 0 Å². The van der Waals surface area contributed by atoms with Gasteiger partial charge in [-0.25, -0.2) is 8.78 Å². The first kappa shape index (κ1) is 29.5. The van der Waals surface area contributed by atoms with Gasteiger partial charge in [-0.1, -0.05) is 76.3 Å². The van der Waals surface area contributed by atoms with Gasteiger partial charge in [-0.05, 0) is 141 Å². The number of rotatable bonds is 10. The van der Waals surface area contributed by atoms with E-state index in [1.165, 1.54) is 107 Å². The Kier molecular flexibility index (Phi) is 10.5. The quantitative estimate of drug-likeness (QED) is 0.260. The van der Waals surface area contributed by atoms with E-state index in [1.807, 2.05) is 19.1 Å². The summed E-state index contributed by atoms with van der Waals surface area (Å²) in [6.07, 6.45) is 23.1. The standard InChI is InChI=1S/C38H52F2/c1-3-5-6-7-8-27-9-11-31(12-10-27)35-23-24-36(38(40)26-35)33-20-18-30(19-21-33)29-14-16-32(17-15-29)34-22-13-28(4-2)37(39)25-34/h13,20,22-27,29-32H,3-12,14-19,21H2,1-2H3. The Morgan fingerprint density at radius 2 is 1.35 bits per heavy atom. The second kappa shape index (κ2) is 14.3. The number of hydrogen-bond acceptors (Lipinski definition) is 0. The smallest absolute Gasteiger partial charge is 0.130 e. The van der Waals surface area contributed by atoms with E-state index in [0.29, 0.717) is 17.8 Å². The molecule has 2 fully saturated rings. The summed E-state index contributed by atoms with van der Waals surface area (Å²) in [7, 11) is 0. The van der Waals surface area contributed by atoms with Crippen molar-refractivity contribution in [3.63, 3.8) is 0 Å². The summed E-state index contributed by atoms with van der Waals surface area (Å²) >= 11 is 0. The molecule has 2 heteroatoms. The molecule has 3 aliphatic rings. The van der Waals surface area contributed by atoms with Crippen LogP contribution in [-0.4, -0.2) is 0 Å². The molecule has 0 saturated heterocycles. The molecule has 3 aliphatic carbocycles. The third-order valence-electron chi connectivity index (χ3n) is 10.9. The van der Waals surface area contributed by atoms with E-state index in [4.69, 9.17) is 0 Å². The maximum Gasteiger partial charge on any atom is 0.130 e. The fourth-order valence-corrected chi connectivity index (χ4v) is 8.25. The van der Waals surface area contributed by atoms with Crippen molar-refractivity contribution in [2.24, 2.45) is 17.8 Å². The molecule has 0 amide bonds. The molecule has 0 spiro atoms. The summed E-state index contributed by atoms with van der Waals surface area (Å²) in [6, 6.07) is 12.1. The molecule has 1 unspecified atom stereocenters. The minimum Gasteiger partial charge on any atom is -0.207 e. The summed E-state index contributed by atoms with van der Waals surface area (Å²) < 4.78 is 29.7. The van der Waals surface area contributed by atoms with Crippen molar-refractivity contribution in [2.45, 2.75) is 135 Å². The molecule has 2 aromatic rings. The normalized spacial score (nSPS) is 27.4. The minimum absolute atomic E-state index is 0.00859. The first-order valence-corrected chi connectivity index (χ1v) is 16.8. The third-order valence-corrected chi connectivity index (χ3v) is 10.9. The van der Waals surface area contributed by atoms with Crippen molar-refractivity contribution in [1.29, 1.82) is 0 Å². The Labute approximate surface area is 243 Å². The van der Waals surface area contributed by atoms with E-state index in [9.17, 15) is 4.39 Å². The summed E-state index contributed by atoms with van der Waals surface area (Å²) in [5, 5.41) is 0. The third kappa shape index (κ3) is 7.27. The van der Waals surface area contributed by atoms with E-state index < -0.39 is 0 Å². The molecule has 0 aromatic heterocycles. The predicted molar refractivity (Wildman–Crippen MR) is 166 cm³/mol. The molecule has 218 valence electrons. The Balaban J connectivity index is 1.10. The Hall–Kier alpha value is -1.96. The highest BCUT2D eigenvalue weighted by molar-refractivity contribution is 5.67. The van der Waals surface area contributed by atoms with Crippen molar-refractivity contribution in [3.05, 3.63) is 76.4 Å². The number of allylic oxidation sites excluding steroid dienone is 2.